The van der Waals surface area contributed by atoms with E-state index in [1.54, 1.807) is 0 Å². The van der Waals surface area contributed by atoms with Gasteiger partial charge in [-0.05, 0) is 23.3 Å². The molecule has 3 nitrogen and oxygen atoms in total. The van der Waals surface area contributed by atoms with Gasteiger partial charge in [-0.3, -0.25) is 0 Å². The van der Waals surface area contributed by atoms with Gasteiger partial charge in [0.05, 0.1) is 22.4 Å². The predicted octanol–water partition coefficient (Wildman–Crippen LogP) is 11.7. The lowest BCUT2D eigenvalue weighted by molar-refractivity contribution is 1.23. The van der Waals surface area contributed by atoms with Gasteiger partial charge in [0.1, 0.15) is 0 Å². The van der Waals surface area contributed by atoms with Crippen molar-refractivity contribution in [1.29, 1.82) is 0 Å². The van der Waals surface area contributed by atoms with Crippen LogP contribution in [0.25, 0.3) is 87.4 Å². The molecule has 0 aliphatic heterocycles. The topological polar surface area (TPSA) is 38.7 Å². The van der Waals surface area contributed by atoms with Gasteiger partial charge in [-0.2, -0.15) is 0 Å². The van der Waals surface area contributed by atoms with Crippen LogP contribution in [0.2, 0.25) is 0 Å². The summed E-state index contributed by atoms with van der Waals surface area (Å²) in [7, 11) is 0. The highest BCUT2D eigenvalue weighted by atomic mass is 32.1. The molecule has 220 valence electrons. The maximum Gasteiger partial charge on any atom is 0.160 e. The maximum absolute atomic E-state index is 5.29. The van der Waals surface area contributed by atoms with Crippen molar-refractivity contribution in [1.82, 2.24) is 15.0 Å². The SMILES string of the molecule is c1ccc(-c2nc(-c3ccc(-c4c(-c5ccccc5)sc5c4c(-c4ccccc4)nc4ccccc45)cc3)c3ccccc3n2)cc1. The number of benzene rings is 6. The van der Waals surface area contributed by atoms with Crippen molar-refractivity contribution >= 4 is 43.2 Å². The fourth-order valence-electron chi connectivity index (χ4n) is 6.47. The maximum atomic E-state index is 5.29. The van der Waals surface area contributed by atoms with Crippen LogP contribution in [0.3, 0.4) is 0 Å². The van der Waals surface area contributed by atoms with E-state index in [-0.39, 0.29) is 0 Å². The van der Waals surface area contributed by atoms with Crippen molar-refractivity contribution in [3.8, 4) is 55.5 Å². The van der Waals surface area contributed by atoms with Crippen LogP contribution < -0.4 is 0 Å². The first-order chi connectivity index (χ1) is 23.3. The Kier molecular flexibility index (Phi) is 6.65. The second-order valence-electron chi connectivity index (χ2n) is 11.6. The lowest BCUT2D eigenvalue weighted by Crippen LogP contribution is -1.95. The van der Waals surface area contributed by atoms with E-state index in [0.717, 1.165) is 55.9 Å². The molecule has 0 aliphatic rings. The molecule has 9 rings (SSSR count). The molecule has 0 spiro atoms. The Morgan fingerprint density at radius 1 is 0.362 bits per heavy atom. The number of nitrogens with zero attached hydrogens (tertiary/aromatic N) is 3. The minimum Gasteiger partial charge on any atom is -0.247 e. The number of pyridine rings is 1. The van der Waals surface area contributed by atoms with Gasteiger partial charge in [-0.25, -0.2) is 15.0 Å². The highest BCUT2D eigenvalue weighted by Crippen LogP contribution is 2.50. The minimum absolute atomic E-state index is 0.726. The Bertz CT molecular complexity index is 2540. The van der Waals surface area contributed by atoms with Gasteiger partial charge in [-0.1, -0.05) is 152 Å². The summed E-state index contributed by atoms with van der Waals surface area (Å²) < 4.78 is 1.25. The van der Waals surface area contributed by atoms with Crippen molar-refractivity contribution in [3.63, 3.8) is 0 Å². The molecule has 0 fully saturated rings. The number of hydrogen-bond acceptors (Lipinski definition) is 4. The highest BCUT2D eigenvalue weighted by Gasteiger charge is 2.22. The van der Waals surface area contributed by atoms with Gasteiger partial charge >= 0.3 is 0 Å². The number of fused-ring (bicyclic) bond motifs is 4. The third kappa shape index (κ3) is 4.78. The van der Waals surface area contributed by atoms with Crippen LogP contribution in [0.4, 0.5) is 0 Å². The van der Waals surface area contributed by atoms with Crippen LogP contribution >= 0.6 is 11.3 Å². The molecule has 0 N–H and O–H groups in total. The van der Waals surface area contributed by atoms with Crippen LogP contribution in [0.1, 0.15) is 0 Å². The Hall–Kier alpha value is -5.97. The van der Waals surface area contributed by atoms with Gasteiger partial charge in [0, 0.05) is 48.0 Å². The zero-order valence-corrected chi connectivity index (χ0v) is 26.2. The van der Waals surface area contributed by atoms with Crippen LogP contribution in [-0.4, -0.2) is 15.0 Å². The number of thiophene rings is 1. The molecule has 0 bridgehead atoms. The van der Waals surface area contributed by atoms with Gasteiger partial charge in [-0.15, -0.1) is 11.3 Å². The van der Waals surface area contributed by atoms with Crippen molar-refractivity contribution in [2.24, 2.45) is 0 Å². The van der Waals surface area contributed by atoms with Gasteiger partial charge in [0.25, 0.3) is 0 Å². The molecular formula is C43H27N3S. The summed E-state index contributed by atoms with van der Waals surface area (Å²) in [5.74, 6) is 0.726. The Balaban J connectivity index is 1.29. The third-order valence-electron chi connectivity index (χ3n) is 8.69. The molecule has 0 saturated carbocycles. The Labute approximate surface area is 276 Å². The molecule has 3 aromatic heterocycles. The summed E-state index contributed by atoms with van der Waals surface area (Å²) in [4.78, 5) is 16.6. The van der Waals surface area contributed by atoms with E-state index in [4.69, 9.17) is 15.0 Å². The first kappa shape index (κ1) is 27.3. The quantitative estimate of drug-likeness (QED) is 0.193. The summed E-state index contributed by atoms with van der Waals surface area (Å²) >= 11 is 1.85. The number of aromatic nitrogens is 3. The van der Waals surface area contributed by atoms with Gasteiger partial charge in [0.15, 0.2) is 5.82 Å². The monoisotopic (exact) mass is 617 g/mol. The fraction of sp³-hybridized carbons (Fsp3) is 0. The zero-order valence-electron chi connectivity index (χ0n) is 25.3. The molecule has 9 aromatic rings. The number of hydrogen-bond donors (Lipinski definition) is 0. The van der Waals surface area contributed by atoms with Crippen molar-refractivity contribution in [2.75, 3.05) is 0 Å². The first-order valence-corrected chi connectivity index (χ1v) is 16.5. The predicted molar refractivity (Wildman–Crippen MR) is 197 cm³/mol. The zero-order chi connectivity index (χ0) is 31.2. The second kappa shape index (κ2) is 11.4. The van der Waals surface area contributed by atoms with Crippen LogP contribution in [-0.2, 0) is 0 Å². The standard InChI is InChI=1S/C43H27N3S/c1-4-14-29(15-5-1)40-38-37(41(31-16-6-2-7-17-31)47-42(38)34-21-11-13-23-36(34)44-40)28-24-26-30(27-25-28)39-33-20-10-12-22-35(33)45-43(46-39)32-18-8-3-9-19-32/h1-27H. The molecule has 0 unspecified atom stereocenters. The normalized spacial score (nSPS) is 11.4. The lowest BCUT2D eigenvalue weighted by atomic mass is 9.94. The second-order valence-corrected chi connectivity index (χ2v) is 12.6. The minimum atomic E-state index is 0.726. The van der Waals surface area contributed by atoms with E-state index >= 15 is 0 Å². The number of rotatable bonds is 5. The third-order valence-corrected chi connectivity index (χ3v) is 9.96. The van der Waals surface area contributed by atoms with Gasteiger partial charge in [0.2, 0.25) is 0 Å². The first-order valence-electron chi connectivity index (χ1n) is 15.7. The van der Waals surface area contributed by atoms with E-state index in [9.17, 15) is 0 Å². The van der Waals surface area contributed by atoms with E-state index < -0.39 is 0 Å². The molecule has 0 saturated heterocycles. The van der Waals surface area contributed by atoms with E-state index in [1.807, 2.05) is 35.6 Å². The van der Waals surface area contributed by atoms with Crippen molar-refractivity contribution < 1.29 is 0 Å². The molecule has 47 heavy (non-hydrogen) atoms. The summed E-state index contributed by atoms with van der Waals surface area (Å²) in [5.41, 5.74) is 10.6. The van der Waals surface area contributed by atoms with Crippen LogP contribution in [0.5, 0.6) is 0 Å². The molecule has 0 atom stereocenters. The molecule has 6 aromatic carbocycles. The lowest BCUT2D eigenvalue weighted by Gasteiger charge is -2.12. The number of para-hydroxylation sites is 2. The van der Waals surface area contributed by atoms with E-state index in [2.05, 4.69) is 140 Å². The Morgan fingerprint density at radius 2 is 0.872 bits per heavy atom. The molecule has 0 radical (unpaired) electrons. The summed E-state index contributed by atoms with van der Waals surface area (Å²) in [6.07, 6.45) is 0. The summed E-state index contributed by atoms with van der Waals surface area (Å²) in [6, 6.07) is 57.1. The average Bonchev–Trinajstić information content (AvgIpc) is 3.56. The highest BCUT2D eigenvalue weighted by molar-refractivity contribution is 7.24. The Morgan fingerprint density at radius 3 is 1.55 bits per heavy atom. The summed E-state index contributed by atoms with van der Waals surface area (Å²) in [6.45, 7) is 0. The van der Waals surface area contributed by atoms with Crippen molar-refractivity contribution in [3.05, 3.63) is 164 Å². The molecule has 3 heterocycles. The van der Waals surface area contributed by atoms with Crippen LogP contribution in [0.15, 0.2) is 164 Å². The van der Waals surface area contributed by atoms with Gasteiger partial charge < -0.3 is 0 Å². The van der Waals surface area contributed by atoms with E-state index in [1.165, 1.54) is 31.5 Å². The summed E-state index contributed by atoms with van der Waals surface area (Å²) in [5, 5.41) is 3.39. The average molecular weight is 618 g/mol. The largest absolute Gasteiger partial charge is 0.247 e. The van der Waals surface area contributed by atoms with Crippen LogP contribution in [0, 0.1) is 0 Å². The van der Waals surface area contributed by atoms with Crippen molar-refractivity contribution in [2.45, 2.75) is 0 Å². The molecule has 0 aliphatic carbocycles. The molecular weight excluding hydrogens is 591 g/mol. The fourth-order valence-corrected chi connectivity index (χ4v) is 7.83. The molecule has 0 amide bonds. The van der Waals surface area contributed by atoms with E-state index in [0.29, 0.717) is 0 Å². The smallest absolute Gasteiger partial charge is 0.160 e. The molecule has 4 heteroatoms.